The second-order valence-electron chi connectivity index (χ2n) is 4.95. The van der Waals surface area contributed by atoms with E-state index in [2.05, 4.69) is 5.32 Å². The molecule has 0 atom stereocenters. The van der Waals surface area contributed by atoms with Gasteiger partial charge in [0.15, 0.2) is 5.76 Å². The van der Waals surface area contributed by atoms with Crippen LogP contribution in [0.15, 0.2) is 16.5 Å². The molecule has 18 heavy (non-hydrogen) atoms. The molecule has 0 aromatic carbocycles. The van der Waals surface area contributed by atoms with E-state index in [9.17, 15) is 4.79 Å². The van der Waals surface area contributed by atoms with Crippen molar-refractivity contribution in [2.24, 2.45) is 5.92 Å². The molecule has 1 aromatic heterocycles. The number of nitrogens with one attached hydrogen (secondary N) is 1. The van der Waals surface area contributed by atoms with Crippen LogP contribution in [0.2, 0.25) is 0 Å². The number of rotatable bonds is 5. The maximum Gasteiger partial charge on any atom is 0.286 e. The summed E-state index contributed by atoms with van der Waals surface area (Å²) in [5, 5.41) is 2.91. The van der Waals surface area contributed by atoms with E-state index < -0.39 is 0 Å². The minimum absolute atomic E-state index is 0.137. The summed E-state index contributed by atoms with van der Waals surface area (Å²) in [4.78, 5) is 11.8. The number of halogens is 1. The van der Waals surface area contributed by atoms with Gasteiger partial charge < -0.3 is 9.73 Å². The molecule has 1 saturated carbocycles. The first-order valence-corrected chi connectivity index (χ1v) is 7.26. The number of alkyl halides is 1. The highest BCUT2D eigenvalue weighted by Crippen LogP contribution is 2.25. The van der Waals surface area contributed by atoms with Crippen LogP contribution < -0.4 is 5.32 Å². The van der Waals surface area contributed by atoms with Gasteiger partial charge in [0.25, 0.3) is 5.91 Å². The van der Waals surface area contributed by atoms with Crippen LogP contribution in [0.1, 0.15) is 54.8 Å². The van der Waals surface area contributed by atoms with Crippen molar-refractivity contribution in [3.63, 3.8) is 0 Å². The van der Waals surface area contributed by atoms with Gasteiger partial charge in [-0.15, -0.1) is 11.6 Å². The molecule has 1 aliphatic carbocycles. The Kier molecular flexibility index (Phi) is 5.12. The predicted molar refractivity (Wildman–Crippen MR) is 71.8 cm³/mol. The van der Waals surface area contributed by atoms with Crippen molar-refractivity contribution in [3.8, 4) is 0 Å². The molecule has 3 nitrogen and oxygen atoms in total. The van der Waals surface area contributed by atoms with Crippen LogP contribution in [0.4, 0.5) is 0 Å². The van der Waals surface area contributed by atoms with Crippen LogP contribution in [0.5, 0.6) is 0 Å². The zero-order valence-electron chi connectivity index (χ0n) is 10.6. The van der Waals surface area contributed by atoms with Gasteiger partial charge in [-0.05, 0) is 24.5 Å². The van der Waals surface area contributed by atoms with E-state index in [1.54, 1.807) is 12.1 Å². The molecule has 0 saturated heterocycles. The molecule has 0 spiro atoms. The van der Waals surface area contributed by atoms with Crippen LogP contribution in [0.3, 0.4) is 0 Å². The molecular formula is C14H20ClNO2. The van der Waals surface area contributed by atoms with Crippen LogP contribution in [0, 0.1) is 5.92 Å². The Bertz CT molecular complexity index is 383. The molecule has 0 radical (unpaired) electrons. The molecule has 2 rings (SSSR count). The fraction of sp³-hybridized carbons (Fsp3) is 0.643. The van der Waals surface area contributed by atoms with Crippen LogP contribution in [-0.2, 0) is 5.88 Å². The molecule has 1 N–H and O–H groups in total. The Labute approximate surface area is 113 Å². The Morgan fingerprint density at radius 1 is 1.33 bits per heavy atom. The van der Waals surface area contributed by atoms with Gasteiger partial charge in [-0.25, -0.2) is 0 Å². The monoisotopic (exact) mass is 269 g/mol. The number of hydrogen-bond acceptors (Lipinski definition) is 2. The molecule has 0 bridgehead atoms. The third-order valence-electron chi connectivity index (χ3n) is 3.58. The van der Waals surface area contributed by atoms with E-state index in [1.165, 1.54) is 32.1 Å². The second kappa shape index (κ2) is 6.83. The average molecular weight is 270 g/mol. The SMILES string of the molecule is O=C(NCCC1CCCCC1)c1ccc(CCl)o1. The van der Waals surface area contributed by atoms with Gasteiger partial charge in [0.2, 0.25) is 0 Å². The van der Waals surface area contributed by atoms with Crippen molar-refractivity contribution < 1.29 is 9.21 Å². The first-order valence-electron chi connectivity index (χ1n) is 6.72. The lowest BCUT2D eigenvalue weighted by Gasteiger charge is -2.21. The van der Waals surface area contributed by atoms with E-state index in [-0.39, 0.29) is 5.91 Å². The predicted octanol–water partition coefficient (Wildman–Crippen LogP) is 3.72. The summed E-state index contributed by atoms with van der Waals surface area (Å²) in [5.41, 5.74) is 0. The van der Waals surface area contributed by atoms with Crippen LogP contribution in [0.25, 0.3) is 0 Å². The largest absolute Gasteiger partial charge is 0.455 e. The quantitative estimate of drug-likeness (QED) is 0.828. The standard InChI is InChI=1S/C14H20ClNO2/c15-10-12-6-7-13(18-12)14(17)16-9-8-11-4-2-1-3-5-11/h6-7,11H,1-5,8-10H2,(H,16,17). The van der Waals surface area contributed by atoms with Crippen molar-refractivity contribution in [1.29, 1.82) is 0 Å². The molecule has 1 fully saturated rings. The van der Waals surface area contributed by atoms with Gasteiger partial charge in [-0.2, -0.15) is 0 Å². The molecule has 1 aromatic rings. The molecule has 1 heterocycles. The molecule has 0 aliphatic heterocycles. The van der Waals surface area contributed by atoms with E-state index in [1.807, 2.05) is 0 Å². The van der Waals surface area contributed by atoms with E-state index in [0.29, 0.717) is 17.4 Å². The van der Waals surface area contributed by atoms with Crippen LogP contribution in [-0.4, -0.2) is 12.5 Å². The third kappa shape index (κ3) is 3.77. The fourth-order valence-electron chi connectivity index (χ4n) is 2.52. The number of carbonyl (C=O) groups excluding carboxylic acids is 1. The number of furan rings is 1. The summed E-state index contributed by atoms with van der Waals surface area (Å²) in [5.74, 6) is 1.94. The molecule has 1 amide bonds. The van der Waals surface area contributed by atoms with Crippen molar-refractivity contribution in [3.05, 3.63) is 23.7 Å². The highest BCUT2D eigenvalue weighted by atomic mass is 35.5. The van der Waals surface area contributed by atoms with Gasteiger partial charge in [0.05, 0.1) is 5.88 Å². The number of hydrogen-bond donors (Lipinski definition) is 1. The van der Waals surface area contributed by atoms with Gasteiger partial charge in [-0.1, -0.05) is 32.1 Å². The highest BCUT2D eigenvalue weighted by molar-refractivity contribution is 6.16. The summed E-state index contributed by atoms with van der Waals surface area (Å²) in [6.07, 6.45) is 7.76. The first-order chi connectivity index (χ1) is 8.79. The number of carbonyl (C=O) groups is 1. The summed E-state index contributed by atoms with van der Waals surface area (Å²) in [6, 6.07) is 3.41. The number of amides is 1. The fourth-order valence-corrected chi connectivity index (χ4v) is 2.67. The smallest absolute Gasteiger partial charge is 0.286 e. The average Bonchev–Trinajstić information content (AvgIpc) is 2.89. The van der Waals surface area contributed by atoms with E-state index in [4.69, 9.17) is 16.0 Å². The summed E-state index contributed by atoms with van der Waals surface area (Å²) < 4.78 is 5.29. The highest BCUT2D eigenvalue weighted by Gasteiger charge is 2.14. The van der Waals surface area contributed by atoms with Crippen molar-refractivity contribution in [2.45, 2.75) is 44.4 Å². The Morgan fingerprint density at radius 3 is 2.78 bits per heavy atom. The minimum atomic E-state index is -0.137. The summed E-state index contributed by atoms with van der Waals surface area (Å²) >= 11 is 5.63. The zero-order chi connectivity index (χ0) is 12.8. The van der Waals surface area contributed by atoms with E-state index in [0.717, 1.165) is 18.9 Å². The first kappa shape index (κ1) is 13.5. The second-order valence-corrected chi connectivity index (χ2v) is 5.22. The molecule has 4 heteroatoms. The lowest BCUT2D eigenvalue weighted by atomic mass is 9.87. The molecular weight excluding hydrogens is 250 g/mol. The Hall–Kier alpha value is -0.960. The normalized spacial score (nSPS) is 16.7. The van der Waals surface area contributed by atoms with Gasteiger partial charge in [0.1, 0.15) is 5.76 Å². The maximum absolute atomic E-state index is 11.8. The van der Waals surface area contributed by atoms with Crippen molar-refractivity contribution in [1.82, 2.24) is 5.32 Å². The lowest BCUT2D eigenvalue weighted by molar-refractivity contribution is 0.0921. The third-order valence-corrected chi connectivity index (χ3v) is 3.84. The molecule has 0 unspecified atom stereocenters. The lowest BCUT2D eigenvalue weighted by Crippen LogP contribution is -2.26. The minimum Gasteiger partial charge on any atom is -0.455 e. The molecule has 100 valence electrons. The van der Waals surface area contributed by atoms with Gasteiger partial charge in [0, 0.05) is 6.54 Å². The Balaban J connectivity index is 1.70. The van der Waals surface area contributed by atoms with Gasteiger partial charge in [-0.3, -0.25) is 4.79 Å². The van der Waals surface area contributed by atoms with Crippen LogP contribution >= 0.6 is 11.6 Å². The molecule has 1 aliphatic rings. The van der Waals surface area contributed by atoms with Crippen molar-refractivity contribution in [2.75, 3.05) is 6.54 Å². The zero-order valence-corrected chi connectivity index (χ0v) is 11.3. The Morgan fingerprint density at radius 2 is 2.11 bits per heavy atom. The van der Waals surface area contributed by atoms with E-state index >= 15 is 0 Å². The maximum atomic E-state index is 11.8. The van der Waals surface area contributed by atoms with Crippen molar-refractivity contribution >= 4 is 17.5 Å². The summed E-state index contributed by atoms with van der Waals surface area (Å²) in [6.45, 7) is 0.737. The topological polar surface area (TPSA) is 42.2 Å². The summed E-state index contributed by atoms with van der Waals surface area (Å²) in [7, 11) is 0. The van der Waals surface area contributed by atoms with Gasteiger partial charge >= 0.3 is 0 Å².